The summed E-state index contributed by atoms with van der Waals surface area (Å²) in [4.78, 5) is 27.8. The molecule has 0 unspecified atom stereocenters. The predicted octanol–water partition coefficient (Wildman–Crippen LogP) is 2.51. The van der Waals surface area contributed by atoms with E-state index in [4.69, 9.17) is 9.47 Å². The van der Waals surface area contributed by atoms with E-state index in [0.29, 0.717) is 12.3 Å². The molecule has 6 heteroatoms. The van der Waals surface area contributed by atoms with Gasteiger partial charge in [0.1, 0.15) is 5.75 Å². The number of ether oxygens (including phenoxy) is 2. The van der Waals surface area contributed by atoms with E-state index >= 15 is 0 Å². The molecule has 2 aromatic carbocycles. The number of para-hydroxylation sites is 1. The number of carbonyl (C=O) groups is 2. The van der Waals surface area contributed by atoms with Crippen LogP contribution in [-0.2, 0) is 27.3 Å². The Morgan fingerprint density at radius 2 is 1.63 bits per heavy atom. The van der Waals surface area contributed by atoms with Crippen LogP contribution in [0, 0.1) is 0 Å². The molecule has 0 N–H and O–H groups in total. The molecule has 2 aromatic rings. The minimum Gasteiger partial charge on any atom is -0.496 e. The quantitative estimate of drug-likeness (QED) is 0.668. The van der Waals surface area contributed by atoms with Crippen LogP contribution in [0.3, 0.4) is 0 Å². The van der Waals surface area contributed by atoms with E-state index < -0.39 is 5.97 Å². The molecule has 0 aromatic heterocycles. The third-order valence-corrected chi connectivity index (χ3v) is 4.18. The average molecular weight is 370 g/mol. The van der Waals surface area contributed by atoms with Gasteiger partial charge in [0.2, 0.25) is 0 Å². The van der Waals surface area contributed by atoms with Crippen molar-refractivity contribution in [2.45, 2.75) is 13.0 Å². The minimum absolute atomic E-state index is 0.0625. The molecule has 144 valence electrons. The van der Waals surface area contributed by atoms with Gasteiger partial charge in [-0.3, -0.25) is 9.59 Å². The van der Waals surface area contributed by atoms with E-state index in [1.165, 1.54) is 0 Å². The molecular weight excluding hydrogens is 344 g/mol. The van der Waals surface area contributed by atoms with Gasteiger partial charge in [0.05, 0.1) is 13.5 Å². The van der Waals surface area contributed by atoms with Crippen LogP contribution in [0.2, 0.25) is 0 Å². The molecule has 27 heavy (non-hydrogen) atoms. The Morgan fingerprint density at radius 3 is 2.26 bits per heavy atom. The Kier molecular flexibility index (Phi) is 7.23. The Morgan fingerprint density at radius 1 is 0.963 bits per heavy atom. The largest absolute Gasteiger partial charge is 0.496 e. The lowest BCUT2D eigenvalue weighted by Crippen LogP contribution is -2.31. The average Bonchev–Trinajstić information content (AvgIpc) is 2.66. The Balaban J connectivity index is 1.82. The van der Waals surface area contributed by atoms with Gasteiger partial charge in [0, 0.05) is 38.9 Å². The number of nitrogens with zero attached hydrogens (tertiary/aromatic N) is 2. The van der Waals surface area contributed by atoms with Crippen molar-refractivity contribution in [3.63, 3.8) is 0 Å². The maximum atomic E-state index is 12.2. The van der Waals surface area contributed by atoms with Gasteiger partial charge in [-0.1, -0.05) is 30.3 Å². The van der Waals surface area contributed by atoms with E-state index in [1.54, 1.807) is 31.2 Å². The summed E-state index contributed by atoms with van der Waals surface area (Å²) in [5.74, 6) is -0.0873. The van der Waals surface area contributed by atoms with Crippen molar-refractivity contribution in [1.29, 1.82) is 0 Å². The van der Waals surface area contributed by atoms with Gasteiger partial charge in [-0.25, -0.2) is 0 Å². The number of rotatable bonds is 8. The molecule has 0 saturated carbocycles. The van der Waals surface area contributed by atoms with Crippen LogP contribution in [0.25, 0.3) is 0 Å². The molecule has 6 nitrogen and oxygen atoms in total. The lowest BCUT2D eigenvalue weighted by atomic mass is 10.1. The molecular formula is C21H26N2O4. The van der Waals surface area contributed by atoms with Crippen molar-refractivity contribution in [3.8, 4) is 5.75 Å². The fourth-order valence-corrected chi connectivity index (χ4v) is 2.57. The van der Waals surface area contributed by atoms with Crippen LogP contribution in [0.1, 0.15) is 11.1 Å². The first-order valence-electron chi connectivity index (χ1n) is 8.68. The van der Waals surface area contributed by atoms with E-state index in [-0.39, 0.29) is 18.9 Å². The summed E-state index contributed by atoms with van der Waals surface area (Å²) < 4.78 is 10.3. The molecule has 2 rings (SSSR count). The number of hydrogen-bond donors (Lipinski definition) is 0. The fourth-order valence-electron chi connectivity index (χ4n) is 2.57. The zero-order valence-corrected chi connectivity index (χ0v) is 16.3. The molecule has 0 radical (unpaired) electrons. The monoisotopic (exact) mass is 370 g/mol. The maximum Gasteiger partial charge on any atom is 0.310 e. The zero-order valence-electron chi connectivity index (χ0n) is 16.3. The Bertz CT molecular complexity index is 772. The third-order valence-electron chi connectivity index (χ3n) is 4.18. The van der Waals surface area contributed by atoms with Gasteiger partial charge < -0.3 is 19.3 Å². The van der Waals surface area contributed by atoms with Gasteiger partial charge in [-0.15, -0.1) is 0 Å². The van der Waals surface area contributed by atoms with E-state index in [9.17, 15) is 9.59 Å². The van der Waals surface area contributed by atoms with Crippen molar-refractivity contribution in [2.24, 2.45) is 0 Å². The summed E-state index contributed by atoms with van der Waals surface area (Å²) in [6.07, 6.45) is 0.0625. The van der Waals surface area contributed by atoms with Crippen LogP contribution < -0.4 is 9.64 Å². The molecule has 0 heterocycles. The van der Waals surface area contributed by atoms with Crippen molar-refractivity contribution in [3.05, 3.63) is 59.7 Å². The molecule has 0 atom stereocenters. The van der Waals surface area contributed by atoms with Crippen LogP contribution in [0.15, 0.2) is 48.5 Å². The highest BCUT2D eigenvalue weighted by molar-refractivity contribution is 5.81. The number of carbonyl (C=O) groups excluding carboxylic acids is 2. The Labute approximate surface area is 160 Å². The second-order valence-electron chi connectivity index (χ2n) is 6.46. The standard InChI is InChI=1S/C21H26N2O4/c1-22(2)18-11-9-16(10-12-18)14-23(3)20(24)15-27-21(25)13-17-7-5-6-8-19(17)26-4/h5-12H,13-15H2,1-4H3. The minimum atomic E-state index is -0.461. The molecule has 0 bridgehead atoms. The van der Waals surface area contributed by atoms with Crippen molar-refractivity contribution in [2.75, 3.05) is 39.8 Å². The molecule has 0 aliphatic heterocycles. The topological polar surface area (TPSA) is 59.1 Å². The molecule has 0 aliphatic rings. The highest BCUT2D eigenvalue weighted by atomic mass is 16.5. The van der Waals surface area contributed by atoms with Crippen LogP contribution in [0.5, 0.6) is 5.75 Å². The number of likely N-dealkylation sites (N-methyl/N-ethyl adjacent to an activating group) is 1. The zero-order chi connectivity index (χ0) is 19.8. The SMILES string of the molecule is COc1ccccc1CC(=O)OCC(=O)N(C)Cc1ccc(N(C)C)cc1. The Hall–Kier alpha value is -3.02. The van der Waals surface area contributed by atoms with E-state index in [0.717, 1.165) is 16.8 Å². The summed E-state index contributed by atoms with van der Waals surface area (Å²) >= 11 is 0. The highest BCUT2D eigenvalue weighted by Gasteiger charge is 2.14. The lowest BCUT2D eigenvalue weighted by molar-refractivity contribution is -0.151. The summed E-state index contributed by atoms with van der Waals surface area (Å²) in [6, 6.07) is 15.2. The number of hydrogen-bond acceptors (Lipinski definition) is 5. The summed E-state index contributed by atoms with van der Waals surface area (Å²) in [6.45, 7) is 0.177. The van der Waals surface area contributed by atoms with Gasteiger partial charge in [0.15, 0.2) is 6.61 Å². The first-order valence-corrected chi connectivity index (χ1v) is 8.68. The lowest BCUT2D eigenvalue weighted by Gasteiger charge is -2.18. The molecule has 1 amide bonds. The molecule has 0 saturated heterocycles. The number of benzene rings is 2. The molecule has 0 fully saturated rings. The van der Waals surface area contributed by atoms with Gasteiger partial charge >= 0.3 is 5.97 Å². The highest BCUT2D eigenvalue weighted by Crippen LogP contribution is 2.18. The van der Waals surface area contributed by atoms with Gasteiger partial charge in [0.25, 0.3) is 5.91 Å². The number of anilines is 1. The summed E-state index contributed by atoms with van der Waals surface area (Å²) in [7, 11) is 7.19. The van der Waals surface area contributed by atoms with Crippen LogP contribution in [-0.4, -0.2) is 51.6 Å². The first-order chi connectivity index (χ1) is 12.9. The predicted molar refractivity (Wildman–Crippen MR) is 105 cm³/mol. The normalized spacial score (nSPS) is 10.2. The van der Waals surface area contributed by atoms with E-state index in [2.05, 4.69) is 0 Å². The first kappa shape index (κ1) is 20.3. The van der Waals surface area contributed by atoms with E-state index in [1.807, 2.05) is 55.4 Å². The van der Waals surface area contributed by atoms with Gasteiger partial charge in [-0.05, 0) is 23.8 Å². The smallest absolute Gasteiger partial charge is 0.310 e. The fraction of sp³-hybridized carbons (Fsp3) is 0.333. The van der Waals surface area contributed by atoms with Gasteiger partial charge in [-0.2, -0.15) is 0 Å². The summed E-state index contributed by atoms with van der Waals surface area (Å²) in [5.41, 5.74) is 2.83. The molecule has 0 aliphatic carbocycles. The number of methoxy groups -OCH3 is 1. The second kappa shape index (κ2) is 9.62. The van der Waals surface area contributed by atoms with Crippen molar-refractivity contribution >= 4 is 17.6 Å². The van der Waals surface area contributed by atoms with Crippen molar-refractivity contribution in [1.82, 2.24) is 4.90 Å². The summed E-state index contributed by atoms with van der Waals surface area (Å²) in [5, 5.41) is 0. The molecule has 0 spiro atoms. The van der Waals surface area contributed by atoms with Crippen LogP contribution >= 0.6 is 0 Å². The third kappa shape index (κ3) is 6.02. The number of amides is 1. The number of esters is 1. The van der Waals surface area contributed by atoms with Crippen molar-refractivity contribution < 1.29 is 19.1 Å². The maximum absolute atomic E-state index is 12.2. The van der Waals surface area contributed by atoms with Crippen LogP contribution in [0.4, 0.5) is 5.69 Å². The second-order valence-corrected chi connectivity index (χ2v) is 6.46.